The van der Waals surface area contributed by atoms with Gasteiger partial charge in [-0.15, -0.1) is 0 Å². The number of nitrogens with zero attached hydrogens (tertiary/aromatic N) is 3. The fourth-order valence-electron chi connectivity index (χ4n) is 9.20. The lowest BCUT2D eigenvalue weighted by Crippen LogP contribution is -2.18. The topological polar surface area (TPSA) is 50.9 Å². The third-order valence-electron chi connectivity index (χ3n) is 13.1. The van der Waals surface area contributed by atoms with Gasteiger partial charge in [-0.05, 0) is 132 Å². The van der Waals surface area contributed by atoms with Crippen LogP contribution in [0.25, 0.3) is 83.9 Å². The van der Waals surface area contributed by atoms with E-state index in [-0.39, 0.29) is 22.0 Å². The summed E-state index contributed by atoms with van der Waals surface area (Å²) >= 11 is 0. The van der Waals surface area contributed by atoms with Crippen LogP contribution in [-0.2, 0) is 16.2 Å². The molecule has 9 aromatic rings. The molecule has 0 aliphatic rings. The van der Waals surface area contributed by atoms with E-state index in [1.54, 1.807) is 0 Å². The van der Waals surface area contributed by atoms with E-state index in [9.17, 15) is 5.11 Å². The summed E-state index contributed by atoms with van der Waals surface area (Å²) in [6, 6.07) is 57.9. The van der Waals surface area contributed by atoms with E-state index in [1.807, 2.05) is 20.0 Å². The zero-order valence-electron chi connectivity index (χ0n) is 42.0. The number of fused-ring (bicyclic) bond motifs is 1. The summed E-state index contributed by atoms with van der Waals surface area (Å²) in [7, 11) is 0. The zero-order chi connectivity index (χ0) is 48.3. The molecule has 0 amide bonds. The Kier molecular flexibility index (Phi) is 11.3. The number of imidazole rings is 1. The van der Waals surface area contributed by atoms with E-state index in [0.717, 1.165) is 89.2 Å². The maximum Gasteiger partial charge on any atom is 0.149 e. The van der Waals surface area contributed by atoms with Gasteiger partial charge in [-0.3, -0.25) is 9.55 Å². The summed E-state index contributed by atoms with van der Waals surface area (Å²) in [6.07, 6.45) is 1.89. The van der Waals surface area contributed by atoms with Crippen molar-refractivity contribution in [2.45, 2.75) is 98.3 Å². The van der Waals surface area contributed by atoms with Crippen molar-refractivity contribution in [3.8, 4) is 78.6 Å². The lowest BCUT2D eigenvalue weighted by Gasteiger charge is -2.28. The molecule has 0 bridgehead atoms. The fourth-order valence-corrected chi connectivity index (χ4v) is 9.20. The summed E-state index contributed by atoms with van der Waals surface area (Å²) in [5, 5.41) is 12.6. The number of aromatic nitrogens is 3. The fraction of sp³-hybridized carbons (Fsp3) is 0.238. The van der Waals surface area contributed by atoms with Crippen LogP contribution in [0.2, 0.25) is 0 Å². The highest BCUT2D eigenvalue weighted by molar-refractivity contribution is 5.98. The standard InChI is InChI=1S/C63H63N3O/c1-40(2)41-25-27-44(28-26-41)46-31-32-64-55(37-46)49-34-47(43-21-16-13-17-22-43)33-48(35-49)51-23-18-24-57-58(51)65-60(52-38-50(61(3,4)5)39-54(59(52)67)63(9,10)11)66(57)56-30-29-45(36-53(56)62(6,7)8)42-19-14-12-15-20-42/h12-40,67H,1-11H3/i40D. The predicted octanol–water partition coefficient (Wildman–Crippen LogP) is 17.1. The molecule has 2 heterocycles. The van der Waals surface area contributed by atoms with Gasteiger partial charge in [0.05, 0.1) is 28.0 Å². The number of hydrogen-bond acceptors (Lipinski definition) is 3. The van der Waals surface area contributed by atoms with Crippen molar-refractivity contribution >= 4 is 11.0 Å². The van der Waals surface area contributed by atoms with Crippen LogP contribution >= 0.6 is 0 Å². The normalized spacial score (nSPS) is 12.7. The van der Waals surface area contributed by atoms with Crippen LogP contribution in [0.4, 0.5) is 0 Å². The third kappa shape index (κ3) is 8.98. The summed E-state index contributed by atoms with van der Waals surface area (Å²) < 4.78 is 10.8. The predicted molar refractivity (Wildman–Crippen MR) is 283 cm³/mol. The molecule has 0 spiro atoms. The number of benzene rings is 7. The van der Waals surface area contributed by atoms with Crippen molar-refractivity contribution in [1.29, 1.82) is 0 Å². The molecule has 7 aromatic carbocycles. The monoisotopic (exact) mass is 879 g/mol. The first kappa shape index (κ1) is 43.8. The van der Waals surface area contributed by atoms with Gasteiger partial charge in [-0.1, -0.05) is 185 Å². The first-order valence-electron chi connectivity index (χ1n) is 24.0. The molecule has 4 nitrogen and oxygen atoms in total. The van der Waals surface area contributed by atoms with Gasteiger partial charge in [0.15, 0.2) is 0 Å². The number of pyridine rings is 1. The first-order valence-corrected chi connectivity index (χ1v) is 23.5. The SMILES string of the molecule is [2H]C(C)(C)c1ccc(-c2ccnc(-c3cc(-c4ccccc4)cc(-c4cccc5c4nc(-c4cc(C(C)(C)C)cc(C(C)(C)C)c4O)n5-c4ccc(-c5ccccc5)cc4C(C)(C)C)c3)c2)cc1. The molecule has 0 aliphatic heterocycles. The molecular formula is C63H63N3O. The quantitative estimate of drug-likeness (QED) is 0.165. The Labute approximate surface area is 399 Å². The number of rotatable bonds is 8. The highest BCUT2D eigenvalue weighted by Gasteiger charge is 2.30. The lowest BCUT2D eigenvalue weighted by atomic mass is 9.78. The van der Waals surface area contributed by atoms with Gasteiger partial charge in [-0.25, -0.2) is 4.98 Å². The summed E-state index contributed by atoms with van der Waals surface area (Å²) in [5.74, 6) is 0.261. The third-order valence-corrected chi connectivity index (χ3v) is 13.1. The first-order chi connectivity index (χ1) is 32.1. The number of para-hydroxylation sites is 1. The maximum absolute atomic E-state index is 12.6. The summed E-state index contributed by atoms with van der Waals surface area (Å²) in [5.41, 5.74) is 17.3. The van der Waals surface area contributed by atoms with Gasteiger partial charge in [0.1, 0.15) is 11.6 Å². The molecule has 2 aromatic heterocycles. The van der Waals surface area contributed by atoms with Crippen molar-refractivity contribution in [3.05, 3.63) is 192 Å². The minimum Gasteiger partial charge on any atom is -0.507 e. The maximum atomic E-state index is 12.6. The minimum atomic E-state index is -0.677. The van der Waals surface area contributed by atoms with Gasteiger partial charge in [0.25, 0.3) is 0 Å². The van der Waals surface area contributed by atoms with Crippen molar-refractivity contribution < 1.29 is 6.48 Å². The number of phenolic OH excluding ortho intramolecular Hbond substituents is 1. The van der Waals surface area contributed by atoms with Crippen molar-refractivity contribution in [2.75, 3.05) is 0 Å². The van der Waals surface area contributed by atoms with Crippen molar-refractivity contribution in [1.82, 2.24) is 14.5 Å². The molecule has 336 valence electrons. The smallest absolute Gasteiger partial charge is 0.149 e. The molecule has 67 heavy (non-hydrogen) atoms. The highest BCUT2D eigenvalue weighted by Crippen LogP contribution is 2.46. The Bertz CT molecular complexity index is 3300. The molecule has 0 saturated heterocycles. The molecule has 4 heteroatoms. The molecular weight excluding hydrogens is 815 g/mol. The molecule has 0 saturated carbocycles. The molecule has 0 atom stereocenters. The van der Waals surface area contributed by atoms with Crippen LogP contribution in [0, 0.1) is 0 Å². The van der Waals surface area contributed by atoms with E-state index >= 15 is 0 Å². The van der Waals surface area contributed by atoms with Gasteiger partial charge < -0.3 is 5.11 Å². The zero-order valence-corrected chi connectivity index (χ0v) is 41.0. The van der Waals surface area contributed by atoms with E-state index in [4.69, 9.17) is 11.3 Å². The van der Waals surface area contributed by atoms with Gasteiger partial charge in [-0.2, -0.15) is 0 Å². The summed E-state index contributed by atoms with van der Waals surface area (Å²) in [4.78, 5) is 10.7. The Morgan fingerprint density at radius 2 is 1.07 bits per heavy atom. The Morgan fingerprint density at radius 1 is 0.493 bits per heavy atom. The van der Waals surface area contributed by atoms with Crippen LogP contribution in [0.3, 0.4) is 0 Å². The summed E-state index contributed by atoms with van der Waals surface area (Å²) in [6.45, 7) is 23.8. The molecule has 1 N–H and O–H groups in total. The number of hydrogen-bond donors (Lipinski definition) is 1. The second kappa shape index (κ2) is 17.3. The second-order valence-electron chi connectivity index (χ2n) is 21.4. The lowest BCUT2D eigenvalue weighted by molar-refractivity contribution is 0.446. The van der Waals surface area contributed by atoms with E-state index < -0.39 is 5.89 Å². The van der Waals surface area contributed by atoms with Gasteiger partial charge in [0.2, 0.25) is 0 Å². The van der Waals surface area contributed by atoms with Crippen LogP contribution in [0.5, 0.6) is 5.75 Å². The highest BCUT2D eigenvalue weighted by atomic mass is 16.3. The number of aromatic hydroxyl groups is 1. The Balaban J connectivity index is 1.32. The Morgan fingerprint density at radius 3 is 1.70 bits per heavy atom. The average molecular weight is 879 g/mol. The second-order valence-corrected chi connectivity index (χ2v) is 21.4. The van der Waals surface area contributed by atoms with Gasteiger partial charge in [0, 0.05) is 24.3 Å². The van der Waals surface area contributed by atoms with Crippen molar-refractivity contribution in [3.63, 3.8) is 0 Å². The Hall–Kier alpha value is -7.04. The van der Waals surface area contributed by atoms with Crippen LogP contribution in [0.1, 0.15) is 106 Å². The largest absolute Gasteiger partial charge is 0.507 e. The van der Waals surface area contributed by atoms with Crippen LogP contribution in [0.15, 0.2) is 170 Å². The van der Waals surface area contributed by atoms with E-state index in [1.165, 1.54) is 5.56 Å². The minimum absolute atomic E-state index is 0.194. The van der Waals surface area contributed by atoms with Crippen LogP contribution < -0.4 is 0 Å². The molecule has 0 aliphatic carbocycles. The van der Waals surface area contributed by atoms with E-state index in [0.29, 0.717) is 11.4 Å². The molecule has 0 unspecified atom stereocenters. The molecule has 9 rings (SSSR count). The average Bonchev–Trinajstić information content (AvgIpc) is 3.70. The van der Waals surface area contributed by atoms with E-state index in [2.05, 4.69) is 231 Å². The number of phenols is 1. The van der Waals surface area contributed by atoms with Crippen molar-refractivity contribution in [2.24, 2.45) is 0 Å². The molecule has 0 radical (unpaired) electrons. The van der Waals surface area contributed by atoms with Crippen LogP contribution in [-0.4, -0.2) is 19.6 Å². The molecule has 0 fully saturated rings. The van der Waals surface area contributed by atoms with Gasteiger partial charge >= 0.3 is 0 Å².